The molecule has 0 aliphatic carbocycles. The number of carbonyl (C=O) groups is 4. The summed E-state index contributed by atoms with van der Waals surface area (Å²) in [7, 11) is -9.92. The van der Waals surface area contributed by atoms with Crippen LogP contribution in [0, 0.1) is 17.8 Å². The minimum absolute atomic E-state index is 0.108. The second-order valence-electron chi connectivity index (χ2n) is 30.8. The molecule has 0 radical (unpaired) electrons. The predicted molar refractivity (Wildman–Crippen MR) is 418 cm³/mol. The Labute approximate surface area is 626 Å². The van der Waals surface area contributed by atoms with Gasteiger partial charge in [-0.1, -0.05) is 382 Å². The van der Waals surface area contributed by atoms with Gasteiger partial charge in [0.1, 0.15) is 19.3 Å². The molecule has 7 atom stereocenters. The second kappa shape index (κ2) is 73.2. The van der Waals surface area contributed by atoms with Crippen molar-refractivity contribution in [3.63, 3.8) is 0 Å². The van der Waals surface area contributed by atoms with Crippen LogP contribution < -0.4 is 0 Å². The fourth-order valence-electron chi connectivity index (χ4n) is 12.8. The third-order valence-electron chi connectivity index (χ3n) is 20.1. The maximum atomic E-state index is 13.1. The van der Waals surface area contributed by atoms with Gasteiger partial charge in [0.2, 0.25) is 0 Å². The van der Waals surface area contributed by atoms with Crippen molar-refractivity contribution in [3.8, 4) is 0 Å². The normalized spacial score (nSPS) is 14.5. The molecule has 17 nitrogen and oxygen atoms in total. The van der Waals surface area contributed by atoms with Crippen molar-refractivity contribution in [1.82, 2.24) is 0 Å². The lowest BCUT2D eigenvalue weighted by Gasteiger charge is -2.21. The Morgan fingerprint density at radius 2 is 0.500 bits per heavy atom. The Balaban J connectivity index is 5.27. The summed E-state index contributed by atoms with van der Waals surface area (Å²) in [5.74, 6) is 0.333. The van der Waals surface area contributed by atoms with Gasteiger partial charge in [-0.2, -0.15) is 0 Å². The maximum Gasteiger partial charge on any atom is 0.472 e. The number of phosphoric ester groups is 2. The number of aliphatic hydroxyl groups excluding tert-OH is 1. The first-order valence-corrected chi connectivity index (χ1v) is 45.9. The average molecular weight is 1490 g/mol. The Kier molecular flexibility index (Phi) is 71.8. The van der Waals surface area contributed by atoms with Crippen LogP contribution in [0.4, 0.5) is 0 Å². The van der Waals surface area contributed by atoms with Crippen LogP contribution in [0.15, 0.2) is 0 Å². The standard InChI is InChI=1S/C83H162O17P2/c1-8-11-12-13-14-15-16-17-24-30-37-45-52-59-66-82(87)100-79(71-94-81(86)65-58-51-44-39-32-33-40-47-54-61-74(4)5)73-98-102(91,92)96-69-77(84)68-95-101(89,90)97-72-78(99-83(88)67-60-53-46-38-31-26-21-19-23-28-35-42-49-56-63-76(7)10-3)70-93-80(85)64-57-50-43-36-29-25-20-18-22-27-34-41-48-55-62-75(6)9-2/h74-79,84H,8-73H2,1-7H3,(H,89,90)(H,91,92)/t75?,76?,77-,78-,79-/m1/s1. The second-order valence-corrected chi connectivity index (χ2v) is 33.7. The lowest BCUT2D eigenvalue weighted by Crippen LogP contribution is -2.30. The Morgan fingerprint density at radius 1 is 0.284 bits per heavy atom. The smallest absolute Gasteiger partial charge is 0.462 e. The van der Waals surface area contributed by atoms with Crippen molar-refractivity contribution in [2.45, 2.75) is 452 Å². The van der Waals surface area contributed by atoms with Crippen LogP contribution in [0.3, 0.4) is 0 Å². The largest absolute Gasteiger partial charge is 0.472 e. The molecule has 0 rings (SSSR count). The molecule has 0 aromatic heterocycles. The van der Waals surface area contributed by atoms with Gasteiger partial charge in [0.15, 0.2) is 12.2 Å². The molecule has 606 valence electrons. The lowest BCUT2D eigenvalue weighted by atomic mass is 9.99. The SMILES string of the molecule is CCCCCCCCCCCCCCCCC(=O)O[C@H](COC(=O)CCCCCCCCCCCC(C)C)COP(=O)(O)OC[C@H](O)COP(=O)(O)OC[C@@H](COC(=O)CCCCCCCCCCCCCCCCC(C)CC)OC(=O)CCCCCCCCCCCCCCCCC(C)CC. The number of esters is 4. The van der Waals surface area contributed by atoms with Crippen molar-refractivity contribution in [2.75, 3.05) is 39.6 Å². The van der Waals surface area contributed by atoms with Crippen LogP contribution in [0.25, 0.3) is 0 Å². The van der Waals surface area contributed by atoms with E-state index in [1.807, 2.05) is 0 Å². The Hall–Kier alpha value is -1.94. The Bertz CT molecular complexity index is 1980. The van der Waals surface area contributed by atoms with Gasteiger partial charge in [0.25, 0.3) is 0 Å². The molecule has 3 N–H and O–H groups in total. The zero-order valence-electron chi connectivity index (χ0n) is 67.1. The molecule has 0 saturated heterocycles. The van der Waals surface area contributed by atoms with Crippen molar-refractivity contribution in [2.24, 2.45) is 17.8 Å². The highest BCUT2D eigenvalue weighted by Crippen LogP contribution is 2.45. The van der Waals surface area contributed by atoms with Crippen molar-refractivity contribution >= 4 is 39.5 Å². The summed E-state index contributed by atoms with van der Waals surface area (Å²) in [5, 5.41) is 10.7. The summed E-state index contributed by atoms with van der Waals surface area (Å²) < 4.78 is 68.8. The van der Waals surface area contributed by atoms with E-state index in [4.69, 9.17) is 37.0 Å². The highest BCUT2D eigenvalue weighted by atomic mass is 31.2. The molecule has 0 aliphatic heterocycles. The first-order chi connectivity index (χ1) is 49.3. The number of unbranched alkanes of at least 4 members (excludes halogenated alkanes) is 47. The molecular weight excluding hydrogens is 1330 g/mol. The van der Waals surface area contributed by atoms with Gasteiger partial charge in [-0.25, -0.2) is 9.13 Å². The summed E-state index contributed by atoms with van der Waals surface area (Å²) >= 11 is 0. The molecule has 0 amide bonds. The summed E-state index contributed by atoms with van der Waals surface area (Å²) in [5.41, 5.74) is 0. The minimum Gasteiger partial charge on any atom is -0.462 e. The van der Waals surface area contributed by atoms with E-state index in [1.165, 1.54) is 244 Å². The maximum absolute atomic E-state index is 13.1. The molecule has 19 heteroatoms. The van der Waals surface area contributed by atoms with E-state index in [1.54, 1.807) is 0 Å². The number of ether oxygens (including phenoxy) is 4. The van der Waals surface area contributed by atoms with Gasteiger partial charge in [-0.05, 0) is 43.4 Å². The number of hydrogen-bond donors (Lipinski definition) is 3. The number of hydrogen-bond acceptors (Lipinski definition) is 15. The topological polar surface area (TPSA) is 237 Å². The van der Waals surface area contributed by atoms with Crippen molar-refractivity contribution < 1.29 is 80.2 Å². The van der Waals surface area contributed by atoms with E-state index < -0.39 is 97.5 Å². The van der Waals surface area contributed by atoms with E-state index >= 15 is 0 Å². The zero-order chi connectivity index (χ0) is 75.1. The summed E-state index contributed by atoms with van der Waals surface area (Å²) in [6.07, 6.45) is 62.2. The van der Waals surface area contributed by atoms with Crippen molar-refractivity contribution in [3.05, 3.63) is 0 Å². The van der Waals surface area contributed by atoms with E-state index in [9.17, 15) is 43.2 Å². The molecule has 0 spiro atoms. The first kappa shape index (κ1) is 100. The van der Waals surface area contributed by atoms with Crippen LogP contribution in [0.1, 0.15) is 434 Å². The Morgan fingerprint density at radius 3 is 0.745 bits per heavy atom. The van der Waals surface area contributed by atoms with Gasteiger partial charge in [-0.3, -0.25) is 37.3 Å². The van der Waals surface area contributed by atoms with Crippen LogP contribution >= 0.6 is 15.6 Å². The molecule has 0 aromatic carbocycles. The molecule has 102 heavy (non-hydrogen) atoms. The molecule has 0 bridgehead atoms. The monoisotopic (exact) mass is 1490 g/mol. The molecule has 0 saturated carbocycles. The number of rotatable bonds is 81. The van der Waals surface area contributed by atoms with Crippen LogP contribution in [0.2, 0.25) is 0 Å². The molecule has 0 aliphatic rings. The lowest BCUT2D eigenvalue weighted by molar-refractivity contribution is -0.161. The number of aliphatic hydroxyl groups is 1. The average Bonchev–Trinajstić information content (AvgIpc) is 0.920. The fourth-order valence-corrected chi connectivity index (χ4v) is 14.4. The van der Waals surface area contributed by atoms with Gasteiger partial charge < -0.3 is 33.8 Å². The first-order valence-electron chi connectivity index (χ1n) is 42.9. The van der Waals surface area contributed by atoms with E-state index in [0.717, 1.165) is 108 Å². The predicted octanol–water partition coefficient (Wildman–Crippen LogP) is 24.9. The van der Waals surface area contributed by atoms with E-state index in [-0.39, 0.29) is 25.7 Å². The van der Waals surface area contributed by atoms with Crippen molar-refractivity contribution in [1.29, 1.82) is 0 Å². The molecule has 0 aromatic rings. The molecule has 0 heterocycles. The van der Waals surface area contributed by atoms with Gasteiger partial charge in [0, 0.05) is 25.7 Å². The molecule has 4 unspecified atom stereocenters. The summed E-state index contributed by atoms with van der Waals surface area (Å²) in [6, 6.07) is 0. The highest BCUT2D eigenvalue weighted by molar-refractivity contribution is 7.47. The highest BCUT2D eigenvalue weighted by Gasteiger charge is 2.30. The molecular formula is C83H162O17P2. The minimum atomic E-state index is -4.96. The third kappa shape index (κ3) is 73.6. The van der Waals surface area contributed by atoms with E-state index in [0.29, 0.717) is 25.7 Å². The summed E-state index contributed by atoms with van der Waals surface area (Å²) in [4.78, 5) is 73.1. The molecule has 0 fully saturated rings. The van der Waals surface area contributed by atoms with Crippen LogP contribution in [0.5, 0.6) is 0 Å². The third-order valence-corrected chi connectivity index (χ3v) is 22.0. The fraction of sp³-hybridized carbons (Fsp3) is 0.952. The quantitative estimate of drug-likeness (QED) is 0.0222. The number of phosphoric acid groups is 2. The van der Waals surface area contributed by atoms with Gasteiger partial charge in [0.05, 0.1) is 26.4 Å². The van der Waals surface area contributed by atoms with Gasteiger partial charge in [-0.15, -0.1) is 0 Å². The number of carbonyl (C=O) groups excluding carboxylic acids is 4. The van der Waals surface area contributed by atoms with Crippen LogP contribution in [-0.2, 0) is 65.4 Å². The van der Waals surface area contributed by atoms with Crippen LogP contribution in [-0.4, -0.2) is 96.7 Å². The van der Waals surface area contributed by atoms with E-state index in [2.05, 4.69) is 48.5 Å². The van der Waals surface area contributed by atoms with Gasteiger partial charge >= 0.3 is 39.5 Å². The summed E-state index contributed by atoms with van der Waals surface area (Å²) in [6.45, 7) is 12.1. The zero-order valence-corrected chi connectivity index (χ0v) is 68.9.